The minimum absolute atomic E-state index is 0.00810. The highest BCUT2D eigenvalue weighted by Crippen LogP contribution is 2.32. The highest BCUT2D eigenvalue weighted by Gasteiger charge is 2.44. The van der Waals surface area contributed by atoms with Gasteiger partial charge in [0.25, 0.3) is 0 Å². The van der Waals surface area contributed by atoms with Crippen molar-refractivity contribution in [2.75, 3.05) is 11.4 Å². The van der Waals surface area contributed by atoms with E-state index < -0.39 is 24.0 Å². The number of amides is 1. The molecule has 0 radical (unpaired) electrons. The van der Waals surface area contributed by atoms with Crippen LogP contribution >= 0.6 is 0 Å². The summed E-state index contributed by atoms with van der Waals surface area (Å²) in [6.07, 6.45) is -4.87. The average molecular weight is 287 g/mol. The molecular weight excluding hydrogens is 275 g/mol. The summed E-state index contributed by atoms with van der Waals surface area (Å²) < 4.78 is 37.8. The molecular formula is C13H12F3NO3. The van der Waals surface area contributed by atoms with E-state index in [-0.39, 0.29) is 25.1 Å². The zero-order chi connectivity index (χ0) is 14.9. The number of rotatable bonds is 1. The summed E-state index contributed by atoms with van der Waals surface area (Å²) in [5.74, 6) is -3.82. The zero-order valence-electron chi connectivity index (χ0n) is 10.4. The smallest absolute Gasteiger partial charge is 0.471 e. The van der Waals surface area contributed by atoms with Crippen LogP contribution in [0.4, 0.5) is 18.9 Å². The maximum Gasteiger partial charge on any atom is 0.471 e. The van der Waals surface area contributed by atoms with Crippen LogP contribution in [0.5, 0.6) is 0 Å². The van der Waals surface area contributed by atoms with Gasteiger partial charge in [0, 0.05) is 12.2 Å². The van der Waals surface area contributed by atoms with E-state index >= 15 is 0 Å². The fourth-order valence-corrected chi connectivity index (χ4v) is 2.29. The van der Waals surface area contributed by atoms with Crippen molar-refractivity contribution in [1.29, 1.82) is 0 Å². The van der Waals surface area contributed by atoms with Crippen molar-refractivity contribution in [2.24, 2.45) is 5.92 Å². The van der Waals surface area contributed by atoms with Crippen LogP contribution in [0.15, 0.2) is 24.3 Å². The number of hydrogen-bond acceptors (Lipinski definition) is 2. The number of para-hydroxylation sites is 1. The lowest BCUT2D eigenvalue weighted by Gasteiger charge is -2.23. The molecule has 1 aliphatic heterocycles. The molecule has 0 saturated carbocycles. The molecule has 1 aromatic carbocycles. The highest BCUT2D eigenvalue weighted by atomic mass is 19.4. The van der Waals surface area contributed by atoms with Gasteiger partial charge in [-0.05, 0) is 24.5 Å². The van der Waals surface area contributed by atoms with Crippen molar-refractivity contribution < 1.29 is 27.9 Å². The van der Waals surface area contributed by atoms with Crippen LogP contribution < -0.4 is 4.90 Å². The zero-order valence-corrected chi connectivity index (χ0v) is 10.4. The van der Waals surface area contributed by atoms with Crippen LogP contribution in [0.3, 0.4) is 0 Å². The summed E-state index contributed by atoms with van der Waals surface area (Å²) in [7, 11) is 0. The molecule has 1 amide bonds. The molecule has 0 spiro atoms. The van der Waals surface area contributed by atoms with E-state index in [1.165, 1.54) is 12.1 Å². The third-order valence-corrected chi connectivity index (χ3v) is 3.29. The molecule has 0 bridgehead atoms. The number of carbonyl (C=O) groups is 2. The first-order valence-corrected chi connectivity index (χ1v) is 6.00. The second-order valence-corrected chi connectivity index (χ2v) is 4.61. The molecule has 108 valence electrons. The van der Waals surface area contributed by atoms with Gasteiger partial charge >= 0.3 is 18.1 Å². The molecule has 1 N–H and O–H groups in total. The van der Waals surface area contributed by atoms with Crippen molar-refractivity contribution in [3.8, 4) is 0 Å². The Morgan fingerprint density at radius 3 is 2.50 bits per heavy atom. The van der Waals surface area contributed by atoms with E-state index in [4.69, 9.17) is 5.11 Å². The van der Waals surface area contributed by atoms with Crippen LogP contribution in [-0.2, 0) is 16.0 Å². The number of nitrogens with zero attached hydrogens (tertiary/aromatic N) is 1. The molecule has 20 heavy (non-hydrogen) atoms. The molecule has 1 unspecified atom stereocenters. The first-order chi connectivity index (χ1) is 9.30. The van der Waals surface area contributed by atoms with E-state index in [2.05, 4.69) is 0 Å². The Hall–Kier alpha value is -2.05. The number of anilines is 1. The number of fused-ring (bicyclic) bond motifs is 1. The Balaban J connectivity index is 2.41. The third-order valence-electron chi connectivity index (χ3n) is 3.29. The summed E-state index contributed by atoms with van der Waals surface area (Å²) in [5.41, 5.74) is 0.577. The predicted molar refractivity (Wildman–Crippen MR) is 64.3 cm³/mol. The summed E-state index contributed by atoms with van der Waals surface area (Å²) in [4.78, 5) is 23.2. The van der Waals surface area contributed by atoms with Gasteiger partial charge in [-0.15, -0.1) is 0 Å². The van der Waals surface area contributed by atoms with Gasteiger partial charge < -0.3 is 10.0 Å². The van der Waals surface area contributed by atoms with Gasteiger partial charge in [-0.2, -0.15) is 13.2 Å². The minimum atomic E-state index is -4.98. The van der Waals surface area contributed by atoms with Gasteiger partial charge in [0.1, 0.15) is 0 Å². The number of benzene rings is 1. The van der Waals surface area contributed by atoms with Gasteiger partial charge in [-0.25, -0.2) is 0 Å². The molecule has 0 fully saturated rings. The fourth-order valence-electron chi connectivity index (χ4n) is 2.29. The first-order valence-electron chi connectivity index (χ1n) is 6.00. The maximum atomic E-state index is 12.6. The Kier molecular flexibility index (Phi) is 3.69. The molecule has 1 aliphatic rings. The Morgan fingerprint density at radius 1 is 1.25 bits per heavy atom. The first kappa shape index (κ1) is 14.4. The molecule has 1 aromatic rings. The predicted octanol–water partition coefficient (Wildman–Crippen LogP) is 2.23. The summed E-state index contributed by atoms with van der Waals surface area (Å²) in [6, 6.07) is 6.09. The van der Waals surface area contributed by atoms with Crippen LogP contribution in [0.2, 0.25) is 0 Å². The van der Waals surface area contributed by atoms with Crippen molar-refractivity contribution in [1.82, 2.24) is 0 Å². The number of carboxylic acid groups (broad SMARTS) is 1. The lowest BCUT2D eigenvalue weighted by atomic mass is 9.97. The second-order valence-electron chi connectivity index (χ2n) is 4.61. The van der Waals surface area contributed by atoms with Crippen LogP contribution in [0, 0.1) is 5.92 Å². The van der Waals surface area contributed by atoms with Gasteiger partial charge in [-0.1, -0.05) is 18.2 Å². The Bertz CT molecular complexity index is 542. The number of hydrogen-bond donors (Lipinski definition) is 1. The molecule has 1 heterocycles. The quantitative estimate of drug-likeness (QED) is 0.861. The van der Waals surface area contributed by atoms with Gasteiger partial charge in [0.05, 0.1) is 5.92 Å². The Morgan fingerprint density at radius 2 is 1.90 bits per heavy atom. The van der Waals surface area contributed by atoms with Crippen LogP contribution in [-0.4, -0.2) is 29.7 Å². The van der Waals surface area contributed by atoms with E-state index in [0.717, 1.165) is 0 Å². The number of halogens is 3. The second kappa shape index (κ2) is 5.15. The monoisotopic (exact) mass is 287 g/mol. The largest absolute Gasteiger partial charge is 0.481 e. The van der Waals surface area contributed by atoms with Crippen molar-refractivity contribution in [3.05, 3.63) is 29.8 Å². The average Bonchev–Trinajstić information content (AvgIpc) is 2.56. The highest BCUT2D eigenvalue weighted by molar-refractivity contribution is 5.98. The van der Waals surface area contributed by atoms with E-state index in [0.29, 0.717) is 10.5 Å². The third kappa shape index (κ3) is 2.76. The van der Waals surface area contributed by atoms with Crippen molar-refractivity contribution in [3.63, 3.8) is 0 Å². The van der Waals surface area contributed by atoms with E-state index in [9.17, 15) is 22.8 Å². The lowest BCUT2D eigenvalue weighted by molar-refractivity contribution is -0.170. The summed E-state index contributed by atoms with van der Waals surface area (Å²) >= 11 is 0. The molecule has 4 nitrogen and oxygen atoms in total. The van der Waals surface area contributed by atoms with Crippen molar-refractivity contribution >= 4 is 17.6 Å². The number of carbonyl (C=O) groups excluding carboxylic acids is 1. The van der Waals surface area contributed by atoms with Gasteiger partial charge in [-0.3, -0.25) is 9.59 Å². The SMILES string of the molecule is O=C(O)C1CCN(C(=O)C(F)(F)F)c2ccccc2C1. The maximum absolute atomic E-state index is 12.6. The lowest BCUT2D eigenvalue weighted by Crippen LogP contribution is -2.42. The van der Waals surface area contributed by atoms with E-state index in [1.807, 2.05) is 0 Å². The standard InChI is InChI=1S/C13H12F3NO3/c14-13(15,16)12(20)17-6-5-9(11(18)19)7-8-3-1-2-4-10(8)17/h1-4,9H,5-7H2,(H,18,19). The summed E-state index contributed by atoms with van der Waals surface area (Å²) in [6.45, 7) is -0.258. The van der Waals surface area contributed by atoms with Gasteiger partial charge in [0.15, 0.2) is 0 Å². The molecule has 0 aliphatic carbocycles. The number of alkyl halides is 3. The topological polar surface area (TPSA) is 57.6 Å². The van der Waals surface area contributed by atoms with E-state index in [1.54, 1.807) is 12.1 Å². The molecule has 2 rings (SSSR count). The molecule has 0 aromatic heterocycles. The van der Waals surface area contributed by atoms with Crippen LogP contribution in [0.1, 0.15) is 12.0 Å². The molecule has 7 heteroatoms. The number of aliphatic carboxylic acids is 1. The molecule has 0 saturated heterocycles. The van der Waals surface area contributed by atoms with Gasteiger partial charge in [0.2, 0.25) is 0 Å². The fraction of sp³-hybridized carbons (Fsp3) is 0.385. The molecule has 1 atom stereocenters. The summed E-state index contributed by atoms with van der Waals surface area (Å²) in [5, 5.41) is 9.05. The minimum Gasteiger partial charge on any atom is -0.481 e. The van der Waals surface area contributed by atoms with Crippen LogP contribution in [0.25, 0.3) is 0 Å². The normalized spacial score (nSPS) is 19.1. The van der Waals surface area contributed by atoms with Crippen molar-refractivity contribution in [2.45, 2.75) is 19.0 Å². The Labute approximate surface area is 112 Å². The number of carboxylic acids is 1.